The van der Waals surface area contributed by atoms with Gasteiger partial charge in [-0.05, 0) is 42.7 Å². The SMILES string of the molecule is O=C(/C(=C/C1CCCCC1)Cc1ccccc1)C1CCCCC1. The summed E-state index contributed by atoms with van der Waals surface area (Å²) in [7, 11) is 0. The zero-order valence-electron chi connectivity index (χ0n) is 14.3. The molecule has 0 radical (unpaired) electrons. The van der Waals surface area contributed by atoms with Gasteiger partial charge in [0.05, 0.1) is 0 Å². The molecule has 1 heteroatoms. The number of rotatable bonds is 5. The van der Waals surface area contributed by atoms with Gasteiger partial charge in [-0.1, -0.05) is 74.9 Å². The van der Waals surface area contributed by atoms with Crippen molar-refractivity contribution in [3.05, 3.63) is 47.5 Å². The third-order valence-corrected chi connectivity index (χ3v) is 5.62. The van der Waals surface area contributed by atoms with Crippen LogP contribution in [-0.4, -0.2) is 5.78 Å². The van der Waals surface area contributed by atoms with Crippen LogP contribution in [0, 0.1) is 11.8 Å². The number of ketones is 1. The van der Waals surface area contributed by atoms with Crippen LogP contribution in [0.5, 0.6) is 0 Å². The van der Waals surface area contributed by atoms with E-state index in [1.165, 1.54) is 56.9 Å². The van der Waals surface area contributed by atoms with Gasteiger partial charge < -0.3 is 0 Å². The maximum atomic E-state index is 13.1. The molecule has 0 aromatic heterocycles. The Morgan fingerprint density at radius 1 is 0.870 bits per heavy atom. The average molecular weight is 310 g/mol. The fourth-order valence-electron chi connectivity index (χ4n) is 4.26. The van der Waals surface area contributed by atoms with E-state index in [-0.39, 0.29) is 0 Å². The van der Waals surface area contributed by atoms with Crippen LogP contribution < -0.4 is 0 Å². The van der Waals surface area contributed by atoms with E-state index in [0.717, 1.165) is 24.8 Å². The molecule has 0 N–H and O–H groups in total. The lowest BCUT2D eigenvalue weighted by molar-refractivity contribution is -0.120. The second kappa shape index (κ2) is 8.47. The summed E-state index contributed by atoms with van der Waals surface area (Å²) in [4.78, 5) is 13.1. The van der Waals surface area contributed by atoms with Crippen molar-refractivity contribution in [3.8, 4) is 0 Å². The Labute approximate surface area is 141 Å². The number of allylic oxidation sites excluding steroid dienone is 2. The Morgan fingerprint density at radius 3 is 2.13 bits per heavy atom. The molecule has 124 valence electrons. The summed E-state index contributed by atoms with van der Waals surface area (Å²) in [6.07, 6.45) is 15.8. The number of carbonyl (C=O) groups is 1. The molecule has 2 fully saturated rings. The lowest BCUT2D eigenvalue weighted by Crippen LogP contribution is -2.21. The molecule has 0 bridgehead atoms. The van der Waals surface area contributed by atoms with Crippen LogP contribution >= 0.6 is 0 Å². The van der Waals surface area contributed by atoms with Crippen molar-refractivity contribution in [2.45, 2.75) is 70.6 Å². The van der Waals surface area contributed by atoms with E-state index in [1.807, 2.05) is 0 Å². The highest BCUT2D eigenvalue weighted by atomic mass is 16.1. The minimum atomic E-state index is 0.294. The van der Waals surface area contributed by atoms with Gasteiger partial charge in [0.2, 0.25) is 0 Å². The van der Waals surface area contributed by atoms with Gasteiger partial charge in [0.1, 0.15) is 0 Å². The largest absolute Gasteiger partial charge is 0.294 e. The van der Waals surface area contributed by atoms with Crippen molar-refractivity contribution in [3.63, 3.8) is 0 Å². The third-order valence-electron chi connectivity index (χ3n) is 5.62. The number of hydrogen-bond acceptors (Lipinski definition) is 1. The van der Waals surface area contributed by atoms with Crippen LogP contribution in [0.15, 0.2) is 42.0 Å². The van der Waals surface area contributed by atoms with Crippen molar-refractivity contribution in [2.75, 3.05) is 0 Å². The molecule has 0 unspecified atom stereocenters. The van der Waals surface area contributed by atoms with Crippen molar-refractivity contribution < 1.29 is 4.79 Å². The molecule has 1 aromatic carbocycles. The van der Waals surface area contributed by atoms with Gasteiger partial charge in [-0.3, -0.25) is 4.79 Å². The van der Waals surface area contributed by atoms with Crippen LogP contribution in [-0.2, 0) is 11.2 Å². The summed E-state index contributed by atoms with van der Waals surface area (Å²) in [6.45, 7) is 0. The molecule has 0 aliphatic heterocycles. The number of Topliss-reactive ketones (excluding diaryl/α,β-unsaturated/α-hetero) is 1. The number of benzene rings is 1. The van der Waals surface area contributed by atoms with Crippen LogP contribution in [0.3, 0.4) is 0 Å². The minimum absolute atomic E-state index is 0.294. The Hall–Kier alpha value is -1.37. The number of carbonyl (C=O) groups excluding carboxylic acids is 1. The van der Waals surface area contributed by atoms with Crippen LogP contribution in [0.1, 0.15) is 69.8 Å². The molecule has 0 saturated heterocycles. The Balaban J connectivity index is 1.76. The second-order valence-corrected chi connectivity index (χ2v) is 7.45. The first-order chi connectivity index (χ1) is 11.3. The summed E-state index contributed by atoms with van der Waals surface area (Å²) in [5.74, 6) is 1.39. The summed E-state index contributed by atoms with van der Waals surface area (Å²) in [6, 6.07) is 10.5. The molecule has 23 heavy (non-hydrogen) atoms. The third kappa shape index (κ3) is 4.80. The van der Waals surface area contributed by atoms with Crippen LogP contribution in [0.4, 0.5) is 0 Å². The highest BCUT2D eigenvalue weighted by Crippen LogP contribution is 2.31. The van der Waals surface area contributed by atoms with Gasteiger partial charge >= 0.3 is 0 Å². The van der Waals surface area contributed by atoms with Crippen molar-refractivity contribution in [2.24, 2.45) is 11.8 Å². The van der Waals surface area contributed by atoms with Crippen LogP contribution in [0.2, 0.25) is 0 Å². The normalized spacial score (nSPS) is 21.3. The topological polar surface area (TPSA) is 17.1 Å². The maximum absolute atomic E-state index is 13.1. The molecule has 2 aliphatic rings. The van der Waals surface area contributed by atoms with E-state index in [2.05, 4.69) is 36.4 Å². The molecular formula is C22H30O. The Morgan fingerprint density at radius 2 is 1.48 bits per heavy atom. The molecule has 0 amide bonds. The van der Waals surface area contributed by atoms with E-state index in [1.54, 1.807) is 0 Å². The molecule has 0 spiro atoms. The first kappa shape index (κ1) is 16.5. The highest BCUT2D eigenvalue weighted by molar-refractivity contribution is 5.97. The molecule has 1 nitrogen and oxygen atoms in total. The standard InChI is InChI=1S/C22H30O/c23-22(20-14-8-3-9-15-20)21(16-18-10-4-1-5-11-18)17-19-12-6-2-7-13-19/h1,4-5,10-11,17,19-20H,2-3,6-9,12-16H2/b21-17+. The molecule has 0 atom stereocenters. The van der Waals surface area contributed by atoms with Crippen LogP contribution in [0.25, 0.3) is 0 Å². The van der Waals surface area contributed by atoms with E-state index < -0.39 is 0 Å². The van der Waals surface area contributed by atoms with Crippen molar-refractivity contribution >= 4 is 5.78 Å². The molecule has 3 rings (SSSR count). The Kier molecular flexibility index (Phi) is 6.07. The molecule has 2 saturated carbocycles. The van der Waals surface area contributed by atoms with Gasteiger partial charge in [-0.2, -0.15) is 0 Å². The zero-order valence-corrected chi connectivity index (χ0v) is 14.3. The molecule has 2 aliphatic carbocycles. The second-order valence-electron chi connectivity index (χ2n) is 7.45. The summed E-state index contributed by atoms with van der Waals surface area (Å²) >= 11 is 0. The first-order valence-electron chi connectivity index (χ1n) is 9.62. The summed E-state index contributed by atoms with van der Waals surface area (Å²) < 4.78 is 0. The smallest absolute Gasteiger partial charge is 0.161 e. The predicted octanol–water partition coefficient (Wildman–Crippen LogP) is 5.89. The average Bonchev–Trinajstić information content (AvgIpc) is 2.63. The monoisotopic (exact) mass is 310 g/mol. The maximum Gasteiger partial charge on any atom is 0.161 e. The fraction of sp³-hybridized carbons (Fsp3) is 0.591. The first-order valence-corrected chi connectivity index (χ1v) is 9.62. The fourth-order valence-corrected chi connectivity index (χ4v) is 4.26. The van der Waals surface area contributed by atoms with Crippen molar-refractivity contribution in [1.29, 1.82) is 0 Å². The summed E-state index contributed by atoms with van der Waals surface area (Å²) in [5.41, 5.74) is 2.38. The van der Waals surface area contributed by atoms with E-state index in [0.29, 0.717) is 17.6 Å². The Bertz CT molecular complexity index is 516. The van der Waals surface area contributed by atoms with Crippen molar-refractivity contribution in [1.82, 2.24) is 0 Å². The zero-order chi connectivity index (χ0) is 15.9. The lowest BCUT2D eigenvalue weighted by Gasteiger charge is -2.24. The van der Waals surface area contributed by atoms with Gasteiger partial charge in [-0.15, -0.1) is 0 Å². The van der Waals surface area contributed by atoms with Gasteiger partial charge in [0.15, 0.2) is 5.78 Å². The van der Waals surface area contributed by atoms with E-state index >= 15 is 0 Å². The molecule has 0 heterocycles. The van der Waals surface area contributed by atoms with Gasteiger partial charge in [0.25, 0.3) is 0 Å². The van der Waals surface area contributed by atoms with Gasteiger partial charge in [-0.25, -0.2) is 0 Å². The van der Waals surface area contributed by atoms with E-state index in [4.69, 9.17) is 0 Å². The van der Waals surface area contributed by atoms with E-state index in [9.17, 15) is 4.79 Å². The number of hydrogen-bond donors (Lipinski definition) is 0. The lowest BCUT2D eigenvalue weighted by atomic mass is 9.80. The van der Waals surface area contributed by atoms with Gasteiger partial charge in [0, 0.05) is 12.3 Å². The minimum Gasteiger partial charge on any atom is -0.294 e. The quantitative estimate of drug-likeness (QED) is 0.620. The predicted molar refractivity (Wildman–Crippen MR) is 96.4 cm³/mol. The highest BCUT2D eigenvalue weighted by Gasteiger charge is 2.25. The molecule has 1 aromatic rings. The molecular weight excluding hydrogens is 280 g/mol. The summed E-state index contributed by atoms with van der Waals surface area (Å²) in [5, 5.41) is 0.